The number of nitrogens with one attached hydrogen (secondary N) is 1. The predicted octanol–water partition coefficient (Wildman–Crippen LogP) is 3.19. The van der Waals surface area contributed by atoms with Crippen molar-refractivity contribution in [3.63, 3.8) is 0 Å². The fourth-order valence-corrected chi connectivity index (χ4v) is 4.01. The average molecular weight is 310 g/mol. The molecule has 1 aliphatic carbocycles. The van der Waals surface area contributed by atoms with Crippen LogP contribution in [0.25, 0.3) is 0 Å². The lowest BCUT2D eigenvalue weighted by Gasteiger charge is -2.23. The quantitative estimate of drug-likeness (QED) is 0.879. The molecular formula is C15H20BrNO. The second-order valence-corrected chi connectivity index (χ2v) is 6.40. The molecule has 1 aromatic carbocycles. The van der Waals surface area contributed by atoms with Crippen molar-refractivity contribution >= 4 is 15.9 Å². The van der Waals surface area contributed by atoms with Crippen LogP contribution in [0.15, 0.2) is 10.5 Å². The Morgan fingerprint density at radius 3 is 3.00 bits per heavy atom. The first-order valence-electron chi connectivity index (χ1n) is 6.98. The van der Waals surface area contributed by atoms with Crippen LogP contribution < -0.4 is 5.32 Å². The molecular weight excluding hydrogens is 290 g/mol. The first-order chi connectivity index (χ1) is 8.75. The van der Waals surface area contributed by atoms with Gasteiger partial charge < -0.3 is 10.4 Å². The molecule has 1 unspecified atom stereocenters. The van der Waals surface area contributed by atoms with Crippen LogP contribution in [0.1, 0.15) is 36.0 Å². The summed E-state index contributed by atoms with van der Waals surface area (Å²) in [6.45, 7) is 2.24. The van der Waals surface area contributed by atoms with Crippen LogP contribution in [0.3, 0.4) is 0 Å². The third-order valence-electron chi connectivity index (χ3n) is 4.29. The van der Waals surface area contributed by atoms with Gasteiger partial charge in [0.15, 0.2) is 0 Å². The maximum atomic E-state index is 10.3. The highest BCUT2D eigenvalue weighted by Crippen LogP contribution is 2.39. The van der Waals surface area contributed by atoms with Crippen LogP contribution in [0.4, 0.5) is 0 Å². The maximum Gasteiger partial charge on any atom is 0.133 e. The van der Waals surface area contributed by atoms with Crippen molar-refractivity contribution in [1.29, 1.82) is 0 Å². The highest BCUT2D eigenvalue weighted by Gasteiger charge is 2.22. The predicted molar refractivity (Wildman–Crippen MR) is 77.1 cm³/mol. The van der Waals surface area contributed by atoms with Crippen LogP contribution >= 0.6 is 15.9 Å². The first-order valence-corrected chi connectivity index (χ1v) is 7.78. The van der Waals surface area contributed by atoms with Crippen molar-refractivity contribution in [3.8, 4) is 5.75 Å². The van der Waals surface area contributed by atoms with Crippen molar-refractivity contribution < 1.29 is 5.11 Å². The average Bonchev–Trinajstić information content (AvgIpc) is 2.85. The molecule has 0 saturated carbocycles. The highest BCUT2D eigenvalue weighted by molar-refractivity contribution is 9.10. The molecule has 1 heterocycles. The lowest BCUT2D eigenvalue weighted by molar-refractivity contribution is 0.369. The summed E-state index contributed by atoms with van der Waals surface area (Å²) in [6, 6.07) is 2.25. The summed E-state index contributed by atoms with van der Waals surface area (Å²) < 4.78 is 0.955. The number of fused-ring (bicyclic) bond motifs is 1. The third-order valence-corrected chi connectivity index (χ3v) is 5.15. The Morgan fingerprint density at radius 1 is 1.33 bits per heavy atom. The Morgan fingerprint density at radius 2 is 2.22 bits per heavy atom. The second-order valence-electron chi connectivity index (χ2n) is 5.61. The molecule has 2 nitrogen and oxygen atoms in total. The number of phenolic OH excluding ortho intramolecular Hbond substituents is 1. The Bertz CT molecular complexity index is 452. The summed E-state index contributed by atoms with van der Waals surface area (Å²) in [5.41, 5.74) is 3.91. The van der Waals surface area contributed by atoms with Gasteiger partial charge in [-0.05, 0) is 90.2 Å². The Hall–Kier alpha value is -0.540. The summed E-state index contributed by atoms with van der Waals surface area (Å²) in [5.74, 6) is 1.16. The van der Waals surface area contributed by atoms with Crippen molar-refractivity contribution in [1.82, 2.24) is 5.32 Å². The zero-order chi connectivity index (χ0) is 12.5. The normalized spacial score (nSPS) is 23.1. The van der Waals surface area contributed by atoms with Gasteiger partial charge >= 0.3 is 0 Å². The molecule has 0 bridgehead atoms. The smallest absolute Gasteiger partial charge is 0.133 e. The fourth-order valence-electron chi connectivity index (χ4n) is 3.30. The van der Waals surface area contributed by atoms with Gasteiger partial charge in [0.1, 0.15) is 5.75 Å². The topological polar surface area (TPSA) is 32.3 Å². The van der Waals surface area contributed by atoms with E-state index in [1.54, 1.807) is 0 Å². The van der Waals surface area contributed by atoms with Gasteiger partial charge in [0, 0.05) is 0 Å². The standard InChI is InChI=1S/C15H20BrNO/c16-14-13-5-1-4-11(13)8-12(15(14)18)7-10-3-2-6-17-9-10/h8,10,17-18H,1-7,9H2. The van der Waals surface area contributed by atoms with Gasteiger partial charge in [0.05, 0.1) is 4.47 Å². The first kappa shape index (κ1) is 12.5. The summed E-state index contributed by atoms with van der Waals surface area (Å²) >= 11 is 3.58. The van der Waals surface area contributed by atoms with E-state index in [0.29, 0.717) is 11.7 Å². The van der Waals surface area contributed by atoms with Crippen LogP contribution in [0.5, 0.6) is 5.75 Å². The molecule has 1 aliphatic heterocycles. The van der Waals surface area contributed by atoms with E-state index in [2.05, 4.69) is 27.3 Å². The molecule has 1 aromatic rings. The van der Waals surface area contributed by atoms with E-state index in [4.69, 9.17) is 0 Å². The largest absolute Gasteiger partial charge is 0.506 e. The third kappa shape index (κ3) is 2.30. The molecule has 98 valence electrons. The van der Waals surface area contributed by atoms with Crippen LogP contribution in [0, 0.1) is 5.92 Å². The van der Waals surface area contributed by atoms with Crippen molar-refractivity contribution in [3.05, 3.63) is 27.2 Å². The van der Waals surface area contributed by atoms with Crippen molar-refractivity contribution in [2.45, 2.75) is 38.5 Å². The van der Waals surface area contributed by atoms with E-state index >= 15 is 0 Å². The van der Waals surface area contributed by atoms with Gasteiger partial charge in [-0.2, -0.15) is 0 Å². The summed E-state index contributed by atoms with van der Waals surface area (Å²) in [5, 5.41) is 13.8. The number of aromatic hydroxyl groups is 1. The molecule has 0 spiro atoms. The zero-order valence-electron chi connectivity index (χ0n) is 10.6. The molecule has 0 radical (unpaired) electrons. The molecule has 0 amide bonds. The number of rotatable bonds is 2. The Labute approximate surface area is 117 Å². The number of halogens is 1. The Balaban J connectivity index is 1.85. The van der Waals surface area contributed by atoms with Gasteiger partial charge in [-0.3, -0.25) is 0 Å². The highest BCUT2D eigenvalue weighted by atomic mass is 79.9. The van der Waals surface area contributed by atoms with E-state index in [0.717, 1.165) is 36.0 Å². The van der Waals surface area contributed by atoms with Crippen LogP contribution in [0.2, 0.25) is 0 Å². The number of phenols is 1. The minimum absolute atomic E-state index is 0.487. The maximum absolute atomic E-state index is 10.3. The molecule has 3 heteroatoms. The molecule has 18 heavy (non-hydrogen) atoms. The van der Waals surface area contributed by atoms with Gasteiger partial charge in [0.25, 0.3) is 0 Å². The van der Waals surface area contributed by atoms with Gasteiger partial charge in [-0.1, -0.05) is 6.07 Å². The summed E-state index contributed by atoms with van der Waals surface area (Å²) in [7, 11) is 0. The van der Waals surface area contributed by atoms with E-state index in [1.807, 2.05) is 0 Å². The Kier molecular flexibility index (Phi) is 3.62. The lowest BCUT2D eigenvalue weighted by Crippen LogP contribution is -2.30. The SMILES string of the molecule is Oc1c(CC2CCCNC2)cc2c(c1Br)CCC2. The van der Waals surface area contributed by atoms with Gasteiger partial charge in [-0.15, -0.1) is 0 Å². The number of hydrogen-bond donors (Lipinski definition) is 2. The number of benzene rings is 1. The van der Waals surface area contributed by atoms with Crippen LogP contribution in [-0.2, 0) is 19.3 Å². The van der Waals surface area contributed by atoms with Gasteiger partial charge in [0.2, 0.25) is 0 Å². The molecule has 1 atom stereocenters. The van der Waals surface area contributed by atoms with E-state index in [-0.39, 0.29) is 0 Å². The molecule has 2 N–H and O–H groups in total. The van der Waals surface area contributed by atoms with E-state index < -0.39 is 0 Å². The monoisotopic (exact) mass is 309 g/mol. The molecule has 3 rings (SSSR count). The summed E-state index contributed by atoms with van der Waals surface area (Å²) in [4.78, 5) is 0. The number of hydrogen-bond acceptors (Lipinski definition) is 2. The molecule has 0 aromatic heterocycles. The minimum Gasteiger partial charge on any atom is -0.506 e. The molecule has 1 saturated heterocycles. The second kappa shape index (κ2) is 5.22. The lowest BCUT2D eigenvalue weighted by atomic mass is 9.90. The van der Waals surface area contributed by atoms with E-state index in [1.165, 1.54) is 36.8 Å². The molecule has 1 fully saturated rings. The van der Waals surface area contributed by atoms with E-state index in [9.17, 15) is 5.11 Å². The van der Waals surface area contributed by atoms with Crippen molar-refractivity contribution in [2.75, 3.05) is 13.1 Å². The summed E-state index contributed by atoms with van der Waals surface area (Å²) in [6.07, 6.45) is 7.05. The fraction of sp³-hybridized carbons (Fsp3) is 0.600. The molecule has 2 aliphatic rings. The van der Waals surface area contributed by atoms with Gasteiger partial charge in [-0.25, -0.2) is 0 Å². The number of aryl methyl sites for hydroxylation is 1. The number of piperidine rings is 1. The van der Waals surface area contributed by atoms with Crippen LogP contribution in [-0.4, -0.2) is 18.2 Å². The minimum atomic E-state index is 0.487. The zero-order valence-corrected chi connectivity index (χ0v) is 12.2. The van der Waals surface area contributed by atoms with Crippen molar-refractivity contribution in [2.24, 2.45) is 5.92 Å².